The zero-order valence-corrected chi connectivity index (χ0v) is 10.5. The summed E-state index contributed by atoms with van der Waals surface area (Å²) < 4.78 is 0. The average molecular weight is 231 g/mol. The molecular weight excluding hydrogens is 214 g/mol. The third-order valence-electron chi connectivity index (χ3n) is 2.59. The van der Waals surface area contributed by atoms with Crippen LogP contribution in [-0.2, 0) is 12.8 Å². The van der Waals surface area contributed by atoms with Gasteiger partial charge in [0.05, 0.1) is 11.4 Å². The van der Waals surface area contributed by atoms with E-state index in [-0.39, 0.29) is 0 Å². The average Bonchev–Trinajstić information content (AvgIpc) is 2.78. The van der Waals surface area contributed by atoms with Crippen LogP contribution >= 0.6 is 0 Å². The molecule has 0 aliphatic heterocycles. The van der Waals surface area contributed by atoms with Gasteiger partial charge in [-0.25, -0.2) is 4.98 Å². The normalized spacial score (nSPS) is 10.8. The lowest BCUT2D eigenvalue weighted by Crippen LogP contribution is -1.98. The molecule has 2 rings (SSSR count). The predicted molar refractivity (Wildman–Crippen MR) is 65.5 cm³/mol. The molecule has 0 unspecified atom stereocenters. The molecule has 1 N–H and O–H groups in total. The maximum absolute atomic E-state index is 4.49. The van der Waals surface area contributed by atoms with E-state index < -0.39 is 0 Å². The van der Waals surface area contributed by atoms with Gasteiger partial charge in [0.2, 0.25) is 0 Å². The highest BCUT2D eigenvalue weighted by molar-refractivity contribution is 5.57. The Morgan fingerprint density at radius 2 is 2.06 bits per heavy atom. The van der Waals surface area contributed by atoms with Crippen molar-refractivity contribution in [3.8, 4) is 11.4 Å². The van der Waals surface area contributed by atoms with E-state index in [2.05, 4.69) is 39.2 Å². The van der Waals surface area contributed by atoms with Crippen molar-refractivity contribution < 1.29 is 0 Å². The molecule has 5 heteroatoms. The van der Waals surface area contributed by atoms with E-state index in [1.54, 1.807) is 0 Å². The van der Waals surface area contributed by atoms with Crippen LogP contribution in [0.25, 0.3) is 11.4 Å². The number of nitrogens with zero attached hydrogens (tertiary/aromatic N) is 4. The van der Waals surface area contributed by atoms with Crippen LogP contribution in [0.1, 0.15) is 37.5 Å². The molecule has 0 aromatic carbocycles. The maximum atomic E-state index is 4.49. The molecule has 0 bridgehead atoms. The SMILES string of the molecule is CCCc1nc(-c2cc(C)nnc2CC)n[nH]1. The third-order valence-corrected chi connectivity index (χ3v) is 2.59. The van der Waals surface area contributed by atoms with Gasteiger partial charge in [0.1, 0.15) is 5.82 Å². The summed E-state index contributed by atoms with van der Waals surface area (Å²) in [5.74, 6) is 1.65. The summed E-state index contributed by atoms with van der Waals surface area (Å²) in [6.45, 7) is 6.11. The monoisotopic (exact) mass is 231 g/mol. The molecule has 90 valence electrons. The molecule has 2 aromatic rings. The number of aromatic amines is 1. The molecule has 0 spiro atoms. The first-order valence-electron chi connectivity index (χ1n) is 5.99. The number of H-pyrrole nitrogens is 1. The van der Waals surface area contributed by atoms with Crippen molar-refractivity contribution in [2.24, 2.45) is 0 Å². The Balaban J connectivity index is 2.40. The Hall–Kier alpha value is -1.78. The summed E-state index contributed by atoms with van der Waals surface area (Å²) in [4.78, 5) is 4.49. The van der Waals surface area contributed by atoms with Crippen LogP contribution in [0.3, 0.4) is 0 Å². The highest BCUT2D eigenvalue weighted by Gasteiger charge is 2.11. The largest absolute Gasteiger partial charge is 0.263 e. The molecule has 0 atom stereocenters. The molecular formula is C12H17N5. The van der Waals surface area contributed by atoms with Crippen LogP contribution in [0.5, 0.6) is 0 Å². The van der Waals surface area contributed by atoms with Crippen molar-refractivity contribution in [1.29, 1.82) is 0 Å². The number of aromatic nitrogens is 5. The zero-order chi connectivity index (χ0) is 12.3. The maximum Gasteiger partial charge on any atom is 0.183 e. The van der Waals surface area contributed by atoms with Gasteiger partial charge < -0.3 is 0 Å². The smallest absolute Gasteiger partial charge is 0.183 e. The highest BCUT2D eigenvalue weighted by Crippen LogP contribution is 2.19. The lowest BCUT2D eigenvalue weighted by atomic mass is 10.1. The Labute approximate surface area is 101 Å². The van der Waals surface area contributed by atoms with E-state index >= 15 is 0 Å². The van der Waals surface area contributed by atoms with Gasteiger partial charge in [-0.05, 0) is 25.8 Å². The second-order valence-corrected chi connectivity index (χ2v) is 4.06. The minimum absolute atomic E-state index is 0.725. The summed E-state index contributed by atoms with van der Waals surface area (Å²) >= 11 is 0. The first kappa shape index (κ1) is 11.7. The van der Waals surface area contributed by atoms with E-state index in [0.29, 0.717) is 0 Å². The fourth-order valence-electron chi connectivity index (χ4n) is 1.73. The molecule has 0 fully saturated rings. The van der Waals surface area contributed by atoms with Crippen LogP contribution in [0.15, 0.2) is 6.07 Å². The molecule has 0 aliphatic rings. The second kappa shape index (κ2) is 5.03. The Bertz CT molecular complexity index is 503. The molecule has 0 aliphatic carbocycles. The van der Waals surface area contributed by atoms with Crippen molar-refractivity contribution in [2.75, 3.05) is 0 Å². The van der Waals surface area contributed by atoms with Gasteiger partial charge >= 0.3 is 0 Å². The predicted octanol–water partition coefficient (Wildman–Crippen LogP) is 2.09. The van der Waals surface area contributed by atoms with Gasteiger partial charge in [-0.1, -0.05) is 13.8 Å². The number of hydrogen-bond donors (Lipinski definition) is 1. The minimum atomic E-state index is 0.725. The van der Waals surface area contributed by atoms with E-state index in [1.807, 2.05) is 13.0 Å². The quantitative estimate of drug-likeness (QED) is 0.874. The molecule has 0 saturated carbocycles. The number of hydrogen-bond acceptors (Lipinski definition) is 4. The standard InChI is InChI=1S/C12H17N5/c1-4-6-11-13-12(17-16-11)9-7-8(3)14-15-10(9)5-2/h7H,4-6H2,1-3H3,(H,13,16,17). The van der Waals surface area contributed by atoms with Gasteiger partial charge in [0.25, 0.3) is 0 Å². The summed E-state index contributed by atoms with van der Waals surface area (Å²) in [5, 5.41) is 15.5. The zero-order valence-electron chi connectivity index (χ0n) is 10.5. The van der Waals surface area contributed by atoms with Crippen molar-refractivity contribution in [3.05, 3.63) is 23.3 Å². The topological polar surface area (TPSA) is 67.3 Å². The van der Waals surface area contributed by atoms with Gasteiger partial charge in [0.15, 0.2) is 5.82 Å². The lowest BCUT2D eigenvalue weighted by molar-refractivity contribution is 0.841. The number of rotatable bonds is 4. The van der Waals surface area contributed by atoms with Gasteiger partial charge in [-0.15, -0.1) is 0 Å². The van der Waals surface area contributed by atoms with E-state index in [1.165, 1.54) is 0 Å². The molecule has 2 aromatic heterocycles. The fourth-order valence-corrected chi connectivity index (χ4v) is 1.73. The summed E-state index contributed by atoms with van der Waals surface area (Å²) in [6.07, 6.45) is 2.81. The van der Waals surface area contributed by atoms with Crippen molar-refractivity contribution in [3.63, 3.8) is 0 Å². The van der Waals surface area contributed by atoms with Crippen molar-refractivity contribution in [1.82, 2.24) is 25.4 Å². The number of nitrogens with one attached hydrogen (secondary N) is 1. The Kier molecular flexibility index (Phi) is 3.46. The fraction of sp³-hybridized carbons (Fsp3) is 0.500. The van der Waals surface area contributed by atoms with E-state index in [4.69, 9.17) is 0 Å². The molecule has 5 nitrogen and oxygen atoms in total. The summed E-state index contributed by atoms with van der Waals surface area (Å²) in [5.41, 5.74) is 2.82. The second-order valence-electron chi connectivity index (χ2n) is 4.06. The van der Waals surface area contributed by atoms with Crippen LogP contribution in [-0.4, -0.2) is 25.4 Å². The van der Waals surface area contributed by atoms with Crippen LogP contribution < -0.4 is 0 Å². The molecule has 0 radical (unpaired) electrons. The number of aryl methyl sites for hydroxylation is 3. The van der Waals surface area contributed by atoms with Gasteiger partial charge in [-0.2, -0.15) is 15.3 Å². The Morgan fingerprint density at radius 1 is 1.24 bits per heavy atom. The van der Waals surface area contributed by atoms with E-state index in [0.717, 1.165) is 47.9 Å². The summed E-state index contributed by atoms with van der Waals surface area (Å²) in [6, 6.07) is 1.99. The van der Waals surface area contributed by atoms with Crippen molar-refractivity contribution >= 4 is 0 Å². The summed E-state index contributed by atoms with van der Waals surface area (Å²) in [7, 11) is 0. The lowest BCUT2D eigenvalue weighted by Gasteiger charge is -2.02. The third kappa shape index (κ3) is 2.49. The van der Waals surface area contributed by atoms with Crippen LogP contribution in [0.4, 0.5) is 0 Å². The molecule has 0 saturated heterocycles. The highest BCUT2D eigenvalue weighted by atomic mass is 15.2. The first-order chi connectivity index (χ1) is 8.24. The van der Waals surface area contributed by atoms with Gasteiger partial charge in [0, 0.05) is 12.0 Å². The molecule has 2 heterocycles. The van der Waals surface area contributed by atoms with Crippen molar-refractivity contribution in [2.45, 2.75) is 40.0 Å². The van der Waals surface area contributed by atoms with Crippen LogP contribution in [0, 0.1) is 6.92 Å². The first-order valence-corrected chi connectivity index (χ1v) is 5.99. The molecule has 17 heavy (non-hydrogen) atoms. The molecule has 0 amide bonds. The van der Waals surface area contributed by atoms with E-state index in [9.17, 15) is 0 Å². The minimum Gasteiger partial charge on any atom is -0.263 e. The van der Waals surface area contributed by atoms with Crippen LogP contribution in [0.2, 0.25) is 0 Å². The van der Waals surface area contributed by atoms with Gasteiger partial charge in [-0.3, -0.25) is 5.10 Å². The Morgan fingerprint density at radius 3 is 2.76 bits per heavy atom.